The zero-order valence-electron chi connectivity index (χ0n) is 7.48. The van der Waals surface area contributed by atoms with E-state index in [2.05, 4.69) is 14.7 Å². The average Bonchev–Trinajstić information content (AvgIpc) is 2.14. The first-order chi connectivity index (χ1) is 6.22. The lowest BCUT2D eigenvalue weighted by Crippen LogP contribution is -2.13. The Kier molecular flexibility index (Phi) is 3.19. The summed E-state index contributed by atoms with van der Waals surface area (Å²) in [6.45, 7) is 1.65. The second-order valence-electron chi connectivity index (χ2n) is 2.35. The summed E-state index contributed by atoms with van der Waals surface area (Å²) in [5, 5.41) is 0. The molecule has 13 heavy (non-hydrogen) atoms. The second-order valence-corrected chi connectivity index (χ2v) is 2.35. The van der Waals surface area contributed by atoms with Crippen LogP contribution in [0.3, 0.4) is 0 Å². The minimum atomic E-state index is -0.454. The van der Waals surface area contributed by atoms with Crippen LogP contribution in [0.5, 0.6) is 6.01 Å². The molecule has 0 fully saturated rings. The lowest BCUT2D eigenvalue weighted by atomic mass is 10.5. The van der Waals surface area contributed by atoms with E-state index in [1.807, 2.05) is 6.92 Å². The van der Waals surface area contributed by atoms with Crippen molar-refractivity contribution in [3.63, 3.8) is 0 Å². The van der Waals surface area contributed by atoms with Crippen LogP contribution < -0.4 is 4.74 Å². The van der Waals surface area contributed by atoms with Gasteiger partial charge >= 0.3 is 12.0 Å². The molecule has 0 aliphatic rings. The Bertz CT molecular complexity index is 301. The van der Waals surface area contributed by atoms with Gasteiger partial charge in [-0.25, -0.2) is 14.8 Å². The van der Waals surface area contributed by atoms with Crippen LogP contribution in [0.4, 0.5) is 0 Å². The maximum Gasteiger partial charge on any atom is 0.344 e. The van der Waals surface area contributed by atoms with Crippen molar-refractivity contribution in [2.24, 2.45) is 0 Å². The highest BCUT2D eigenvalue weighted by molar-refractivity contribution is 5.70. The predicted molar refractivity (Wildman–Crippen MR) is 44.3 cm³/mol. The van der Waals surface area contributed by atoms with E-state index in [0.29, 0.717) is 0 Å². The zero-order valence-corrected chi connectivity index (χ0v) is 7.48. The normalized spacial score (nSPS) is 9.38. The number of esters is 1. The van der Waals surface area contributed by atoms with Crippen LogP contribution in [0.2, 0.25) is 0 Å². The molecule has 1 heterocycles. The van der Waals surface area contributed by atoms with Crippen molar-refractivity contribution in [2.75, 3.05) is 13.7 Å². The fraction of sp³-hybridized carbons (Fsp3) is 0.375. The maximum atomic E-state index is 10.7. The van der Waals surface area contributed by atoms with Gasteiger partial charge in [0.2, 0.25) is 0 Å². The largest absolute Gasteiger partial charge is 0.466 e. The molecule has 1 aromatic rings. The monoisotopic (exact) mass is 182 g/mol. The van der Waals surface area contributed by atoms with E-state index in [4.69, 9.17) is 4.74 Å². The molecule has 0 saturated carbocycles. The first-order valence-corrected chi connectivity index (χ1v) is 3.71. The molecule has 0 aliphatic heterocycles. The van der Waals surface area contributed by atoms with Gasteiger partial charge in [-0.3, -0.25) is 0 Å². The van der Waals surface area contributed by atoms with Crippen molar-refractivity contribution in [3.8, 4) is 6.01 Å². The summed E-state index contributed by atoms with van der Waals surface area (Å²) in [6.07, 6.45) is 1.56. The van der Waals surface area contributed by atoms with Crippen LogP contribution in [0.25, 0.3) is 0 Å². The molecule has 5 heteroatoms. The second kappa shape index (κ2) is 4.39. The third kappa shape index (κ3) is 3.06. The van der Waals surface area contributed by atoms with E-state index in [9.17, 15) is 4.79 Å². The minimum absolute atomic E-state index is 0.167. The van der Waals surface area contributed by atoms with Gasteiger partial charge in [-0.1, -0.05) is 0 Å². The number of aryl methyl sites for hydroxylation is 1. The highest BCUT2D eigenvalue weighted by Crippen LogP contribution is 2.01. The number of carbonyl (C=O) groups is 1. The molecule has 0 amide bonds. The fourth-order valence-electron chi connectivity index (χ4n) is 0.678. The van der Waals surface area contributed by atoms with Gasteiger partial charge in [-0.05, 0) is 13.0 Å². The van der Waals surface area contributed by atoms with E-state index < -0.39 is 5.97 Å². The molecule has 1 aromatic heterocycles. The lowest BCUT2D eigenvalue weighted by molar-refractivity contribution is -0.143. The number of hydrogen-bond acceptors (Lipinski definition) is 5. The van der Waals surface area contributed by atoms with Gasteiger partial charge in [0.05, 0.1) is 7.11 Å². The molecule has 0 aromatic carbocycles. The van der Waals surface area contributed by atoms with E-state index in [0.717, 1.165) is 5.69 Å². The summed E-state index contributed by atoms with van der Waals surface area (Å²) < 4.78 is 9.33. The summed E-state index contributed by atoms with van der Waals surface area (Å²) >= 11 is 0. The molecule has 0 atom stereocenters. The van der Waals surface area contributed by atoms with Crippen molar-refractivity contribution in [2.45, 2.75) is 6.92 Å². The molecule has 70 valence electrons. The SMILES string of the molecule is COC(=O)COc1nccc(C)n1. The molecule has 0 unspecified atom stereocenters. The molecule has 5 nitrogen and oxygen atoms in total. The van der Waals surface area contributed by atoms with Crippen LogP contribution in [0, 0.1) is 6.92 Å². The summed E-state index contributed by atoms with van der Waals surface area (Å²) in [6, 6.07) is 1.93. The third-order valence-electron chi connectivity index (χ3n) is 1.32. The molecular weight excluding hydrogens is 172 g/mol. The van der Waals surface area contributed by atoms with Crippen LogP contribution in [-0.4, -0.2) is 29.7 Å². The average molecular weight is 182 g/mol. The predicted octanol–water partition coefficient (Wildman–Crippen LogP) is 0.337. The molecule has 0 N–H and O–H groups in total. The topological polar surface area (TPSA) is 61.3 Å². The van der Waals surface area contributed by atoms with Gasteiger partial charge in [-0.15, -0.1) is 0 Å². The standard InChI is InChI=1S/C8H10N2O3/c1-6-3-4-9-8(10-6)13-5-7(11)12-2/h3-4H,5H2,1-2H3. The van der Waals surface area contributed by atoms with Gasteiger partial charge < -0.3 is 9.47 Å². The number of ether oxygens (including phenoxy) is 2. The highest BCUT2D eigenvalue weighted by Gasteiger charge is 2.02. The highest BCUT2D eigenvalue weighted by atomic mass is 16.6. The Labute approximate surface area is 75.7 Å². The quantitative estimate of drug-likeness (QED) is 0.630. The number of hydrogen-bond donors (Lipinski definition) is 0. The molecule has 0 aliphatic carbocycles. The van der Waals surface area contributed by atoms with Crippen molar-refractivity contribution >= 4 is 5.97 Å². The van der Waals surface area contributed by atoms with Crippen molar-refractivity contribution < 1.29 is 14.3 Å². The Hall–Kier alpha value is -1.65. The zero-order chi connectivity index (χ0) is 9.68. The molecule has 1 rings (SSSR count). The number of nitrogens with zero attached hydrogens (tertiary/aromatic N) is 2. The smallest absolute Gasteiger partial charge is 0.344 e. The number of rotatable bonds is 3. The number of aromatic nitrogens is 2. The summed E-state index contributed by atoms with van der Waals surface area (Å²) in [5.41, 5.74) is 0.787. The molecular formula is C8H10N2O3. The first kappa shape index (κ1) is 9.44. The van der Waals surface area contributed by atoms with Gasteiger partial charge in [0.1, 0.15) is 0 Å². The van der Waals surface area contributed by atoms with Crippen molar-refractivity contribution in [3.05, 3.63) is 18.0 Å². The van der Waals surface area contributed by atoms with Crippen LogP contribution in [0.1, 0.15) is 5.69 Å². The van der Waals surface area contributed by atoms with Crippen molar-refractivity contribution in [1.29, 1.82) is 0 Å². The lowest BCUT2D eigenvalue weighted by Gasteiger charge is -2.02. The van der Waals surface area contributed by atoms with E-state index >= 15 is 0 Å². The van der Waals surface area contributed by atoms with Crippen LogP contribution in [-0.2, 0) is 9.53 Å². The minimum Gasteiger partial charge on any atom is -0.466 e. The van der Waals surface area contributed by atoms with Crippen LogP contribution in [0.15, 0.2) is 12.3 Å². The van der Waals surface area contributed by atoms with Gasteiger partial charge in [0.15, 0.2) is 6.61 Å². The van der Waals surface area contributed by atoms with Gasteiger partial charge in [-0.2, -0.15) is 0 Å². The first-order valence-electron chi connectivity index (χ1n) is 3.71. The van der Waals surface area contributed by atoms with Crippen LogP contribution >= 0.6 is 0 Å². The van der Waals surface area contributed by atoms with Gasteiger partial charge in [0, 0.05) is 11.9 Å². The summed E-state index contributed by atoms with van der Waals surface area (Å²) in [4.78, 5) is 18.4. The molecule has 0 spiro atoms. The Morgan fingerprint density at radius 2 is 2.38 bits per heavy atom. The molecule has 0 bridgehead atoms. The van der Waals surface area contributed by atoms with Gasteiger partial charge in [0.25, 0.3) is 0 Å². The van der Waals surface area contributed by atoms with E-state index in [1.54, 1.807) is 12.3 Å². The molecule has 0 saturated heterocycles. The summed E-state index contributed by atoms with van der Waals surface area (Å²) in [5.74, 6) is -0.454. The van der Waals surface area contributed by atoms with E-state index in [1.165, 1.54) is 7.11 Å². The Balaban J connectivity index is 2.50. The Morgan fingerprint density at radius 3 is 3.00 bits per heavy atom. The van der Waals surface area contributed by atoms with Crippen molar-refractivity contribution in [1.82, 2.24) is 9.97 Å². The third-order valence-corrected chi connectivity index (χ3v) is 1.32. The maximum absolute atomic E-state index is 10.7. The van der Waals surface area contributed by atoms with E-state index in [-0.39, 0.29) is 12.6 Å². The Morgan fingerprint density at radius 1 is 1.62 bits per heavy atom. The molecule has 0 radical (unpaired) electrons. The summed E-state index contributed by atoms with van der Waals surface area (Å²) in [7, 11) is 1.29. The fourth-order valence-corrected chi connectivity index (χ4v) is 0.678. The number of methoxy groups -OCH3 is 1. The number of carbonyl (C=O) groups excluding carboxylic acids is 1.